The Bertz CT molecular complexity index is 794. The van der Waals surface area contributed by atoms with Crippen molar-refractivity contribution < 1.29 is 19.4 Å². The molecule has 2 heterocycles. The topological polar surface area (TPSA) is 104 Å². The predicted molar refractivity (Wildman–Crippen MR) is 104 cm³/mol. The summed E-state index contributed by atoms with van der Waals surface area (Å²) >= 11 is 0. The van der Waals surface area contributed by atoms with Crippen LogP contribution in [-0.2, 0) is 9.53 Å². The summed E-state index contributed by atoms with van der Waals surface area (Å²) in [6, 6.07) is 10.8. The number of nitrogens with one attached hydrogen (secondary N) is 2. The number of carbonyl (C=O) groups excluding carboxylic acids is 1. The number of morpholine rings is 1. The number of hydrogen-bond acceptors (Lipinski definition) is 6. The Kier molecular flexibility index (Phi) is 6.94. The molecule has 0 spiro atoms. The van der Waals surface area contributed by atoms with Crippen molar-refractivity contribution in [1.82, 2.24) is 15.2 Å². The molecule has 2 aromatic rings. The summed E-state index contributed by atoms with van der Waals surface area (Å²) in [5.74, 6) is -1.16. The van der Waals surface area contributed by atoms with Crippen LogP contribution in [-0.4, -0.2) is 66.3 Å². The summed E-state index contributed by atoms with van der Waals surface area (Å²) in [6.07, 6.45) is 3.50. The van der Waals surface area contributed by atoms with Gasteiger partial charge in [0.1, 0.15) is 6.54 Å². The summed E-state index contributed by atoms with van der Waals surface area (Å²) in [5, 5.41) is 14.5. The highest BCUT2D eigenvalue weighted by Crippen LogP contribution is 2.21. The van der Waals surface area contributed by atoms with Gasteiger partial charge in [-0.2, -0.15) is 0 Å². The fourth-order valence-corrected chi connectivity index (χ4v) is 3.17. The van der Waals surface area contributed by atoms with E-state index in [1.165, 1.54) is 0 Å². The molecule has 0 bridgehead atoms. The van der Waals surface area contributed by atoms with E-state index in [4.69, 9.17) is 9.84 Å². The van der Waals surface area contributed by atoms with E-state index in [0.717, 1.165) is 18.7 Å². The molecule has 1 amide bonds. The molecule has 3 rings (SSSR count). The number of rotatable bonds is 8. The first-order valence-corrected chi connectivity index (χ1v) is 9.19. The summed E-state index contributed by atoms with van der Waals surface area (Å²) in [4.78, 5) is 29.7. The average Bonchev–Trinajstić information content (AvgIpc) is 2.74. The van der Waals surface area contributed by atoms with Gasteiger partial charge in [0.2, 0.25) is 0 Å². The molecule has 1 aromatic heterocycles. The molecule has 3 N–H and O–H groups in total. The maximum absolute atomic E-state index is 12.6. The molecule has 8 heteroatoms. The maximum Gasteiger partial charge on any atom is 0.322 e. The molecule has 0 radical (unpaired) electrons. The smallest absolute Gasteiger partial charge is 0.322 e. The van der Waals surface area contributed by atoms with Crippen LogP contribution in [0.1, 0.15) is 22.0 Å². The first kappa shape index (κ1) is 19.8. The van der Waals surface area contributed by atoms with Gasteiger partial charge in [-0.3, -0.25) is 19.5 Å². The van der Waals surface area contributed by atoms with Crippen LogP contribution < -0.4 is 10.6 Å². The molecule has 1 aliphatic rings. The number of ether oxygens (including phenoxy) is 1. The lowest BCUT2D eigenvalue weighted by molar-refractivity contribution is -0.134. The molecule has 28 heavy (non-hydrogen) atoms. The fraction of sp³-hybridized carbons (Fsp3) is 0.350. The Morgan fingerprint density at radius 2 is 1.93 bits per heavy atom. The monoisotopic (exact) mass is 384 g/mol. The maximum atomic E-state index is 12.6. The van der Waals surface area contributed by atoms with E-state index in [9.17, 15) is 9.59 Å². The van der Waals surface area contributed by atoms with Crippen molar-refractivity contribution in [2.45, 2.75) is 6.04 Å². The minimum absolute atomic E-state index is 0.0316. The number of amides is 1. The Morgan fingerprint density at radius 1 is 1.18 bits per heavy atom. The molecule has 1 atom stereocenters. The lowest BCUT2D eigenvalue weighted by Gasteiger charge is -2.34. The summed E-state index contributed by atoms with van der Waals surface area (Å²) in [7, 11) is 0. The van der Waals surface area contributed by atoms with Gasteiger partial charge in [-0.15, -0.1) is 0 Å². The van der Waals surface area contributed by atoms with E-state index in [0.29, 0.717) is 31.0 Å². The quantitative estimate of drug-likeness (QED) is 0.632. The van der Waals surface area contributed by atoms with Gasteiger partial charge in [0.25, 0.3) is 5.91 Å². The molecule has 1 aromatic carbocycles. The lowest BCUT2D eigenvalue weighted by Crippen LogP contribution is -2.43. The van der Waals surface area contributed by atoms with Gasteiger partial charge >= 0.3 is 5.97 Å². The van der Waals surface area contributed by atoms with Crippen molar-refractivity contribution in [3.05, 3.63) is 59.9 Å². The third-order valence-electron chi connectivity index (χ3n) is 4.60. The number of hydrogen-bond donors (Lipinski definition) is 3. The first-order chi connectivity index (χ1) is 13.6. The Morgan fingerprint density at radius 3 is 2.64 bits per heavy atom. The SMILES string of the molecule is O=C(O)CNc1cccc(C(=O)NCC(c2ccncc2)N2CCOCC2)c1. The van der Waals surface area contributed by atoms with Crippen molar-refractivity contribution in [3.8, 4) is 0 Å². The van der Waals surface area contributed by atoms with Crippen LogP contribution in [0.3, 0.4) is 0 Å². The van der Waals surface area contributed by atoms with Crippen LogP contribution in [0.25, 0.3) is 0 Å². The lowest BCUT2D eigenvalue weighted by atomic mass is 10.1. The van der Waals surface area contributed by atoms with E-state index in [-0.39, 0.29) is 18.5 Å². The number of carbonyl (C=O) groups is 2. The Balaban J connectivity index is 1.66. The van der Waals surface area contributed by atoms with Crippen LogP contribution in [0.2, 0.25) is 0 Å². The zero-order valence-corrected chi connectivity index (χ0v) is 15.5. The zero-order chi connectivity index (χ0) is 19.8. The molecule has 8 nitrogen and oxygen atoms in total. The van der Waals surface area contributed by atoms with Crippen LogP contribution in [0.5, 0.6) is 0 Å². The fourth-order valence-electron chi connectivity index (χ4n) is 3.17. The van der Waals surface area contributed by atoms with E-state index in [2.05, 4.69) is 20.5 Å². The molecule has 0 saturated carbocycles. The molecule has 1 saturated heterocycles. The van der Waals surface area contributed by atoms with Crippen molar-refractivity contribution in [2.75, 3.05) is 44.7 Å². The summed E-state index contributed by atoms with van der Waals surface area (Å²) < 4.78 is 5.44. The number of aliphatic carboxylic acids is 1. The third kappa shape index (κ3) is 5.51. The summed E-state index contributed by atoms with van der Waals surface area (Å²) in [5.41, 5.74) is 2.16. The number of aromatic nitrogens is 1. The second kappa shape index (κ2) is 9.82. The van der Waals surface area contributed by atoms with Gasteiger partial charge in [0, 0.05) is 43.3 Å². The van der Waals surface area contributed by atoms with Gasteiger partial charge in [-0.25, -0.2) is 0 Å². The largest absolute Gasteiger partial charge is 0.480 e. The second-order valence-electron chi connectivity index (χ2n) is 6.48. The average molecular weight is 384 g/mol. The van der Waals surface area contributed by atoms with Crippen LogP contribution in [0, 0.1) is 0 Å². The normalized spacial score (nSPS) is 15.6. The molecule has 1 aliphatic heterocycles. The molecular weight excluding hydrogens is 360 g/mol. The van der Waals surface area contributed by atoms with Gasteiger partial charge in [-0.05, 0) is 35.9 Å². The van der Waals surface area contributed by atoms with Gasteiger partial charge in [0.15, 0.2) is 0 Å². The Hall–Kier alpha value is -2.97. The number of carboxylic acid groups (broad SMARTS) is 1. The number of nitrogens with zero attached hydrogens (tertiary/aromatic N) is 2. The van der Waals surface area contributed by atoms with Crippen molar-refractivity contribution >= 4 is 17.6 Å². The highest BCUT2D eigenvalue weighted by Gasteiger charge is 2.23. The van der Waals surface area contributed by atoms with E-state index in [1.807, 2.05) is 12.1 Å². The predicted octanol–water partition coefficient (Wildman–Crippen LogP) is 1.38. The molecular formula is C20H24N4O4. The van der Waals surface area contributed by atoms with Crippen LogP contribution >= 0.6 is 0 Å². The minimum Gasteiger partial charge on any atom is -0.480 e. The van der Waals surface area contributed by atoms with Gasteiger partial charge in [-0.1, -0.05) is 6.07 Å². The highest BCUT2D eigenvalue weighted by atomic mass is 16.5. The number of carboxylic acids is 1. The molecule has 1 fully saturated rings. The van der Waals surface area contributed by atoms with Gasteiger partial charge < -0.3 is 20.5 Å². The van der Waals surface area contributed by atoms with E-state index < -0.39 is 5.97 Å². The van der Waals surface area contributed by atoms with E-state index in [1.54, 1.807) is 36.7 Å². The molecule has 1 unspecified atom stereocenters. The van der Waals surface area contributed by atoms with Crippen molar-refractivity contribution in [3.63, 3.8) is 0 Å². The number of benzene rings is 1. The second-order valence-corrected chi connectivity index (χ2v) is 6.48. The Labute approximate surface area is 163 Å². The zero-order valence-electron chi connectivity index (χ0n) is 15.5. The van der Waals surface area contributed by atoms with Crippen molar-refractivity contribution in [2.24, 2.45) is 0 Å². The van der Waals surface area contributed by atoms with E-state index >= 15 is 0 Å². The van der Waals surface area contributed by atoms with Gasteiger partial charge in [0.05, 0.1) is 19.3 Å². The molecule has 0 aliphatic carbocycles. The highest BCUT2D eigenvalue weighted by molar-refractivity contribution is 5.95. The molecule has 148 valence electrons. The first-order valence-electron chi connectivity index (χ1n) is 9.19. The summed E-state index contributed by atoms with van der Waals surface area (Å²) in [6.45, 7) is 3.20. The number of pyridine rings is 1. The minimum atomic E-state index is -0.958. The number of anilines is 1. The van der Waals surface area contributed by atoms with Crippen LogP contribution in [0.15, 0.2) is 48.8 Å². The standard InChI is InChI=1S/C20H24N4O4/c25-19(26)14-22-17-3-1-2-16(12-17)20(27)23-13-18(15-4-6-21-7-5-15)24-8-10-28-11-9-24/h1-7,12,18,22H,8-11,13-14H2,(H,23,27)(H,25,26). The van der Waals surface area contributed by atoms with Crippen LogP contribution in [0.4, 0.5) is 5.69 Å². The third-order valence-corrected chi connectivity index (χ3v) is 4.60. The van der Waals surface area contributed by atoms with Crippen molar-refractivity contribution in [1.29, 1.82) is 0 Å².